The van der Waals surface area contributed by atoms with Gasteiger partial charge in [0.25, 0.3) is 5.91 Å². The van der Waals surface area contributed by atoms with Gasteiger partial charge in [-0.05, 0) is 38.6 Å². The molecule has 1 aromatic heterocycles. The first-order valence-electron chi connectivity index (χ1n) is 8.74. The average molecular weight is 347 g/mol. The van der Waals surface area contributed by atoms with E-state index in [2.05, 4.69) is 21.9 Å². The molecular weight excluding hydrogens is 322 g/mol. The van der Waals surface area contributed by atoms with E-state index in [0.29, 0.717) is 12.3 Å². The summed E-state index contributed by atoms with van der Waals surface area (Å²) in [5.74, 6) is 0.354. The molecule has 0 radical (unpaired) electrons. The molecule has 136 valence electrons. The van der Waals surface area contributed by atoms with E-state index in [1.54, 1.807) is 12.1 Å². The summed E-state index contributed by atoms with van der Waals surface area (Å²) in [5.41, 5.74) is 0. The molecule has 0 aliphatic carbocycles. The van der Waals surface area contributed by atoms with Crippen LogP contribution in [0.3, 0.4) is 0 Å². The highest BCUT2D eigenvalue weighted by atomic mass is 16.3. The highest BCUT2D eigenvalue weighted by Crippen LogP contribution is 2.12. The van der Waals surface area contributed by atoms with Crippen LogP contribution >= 0.6 is 0 Å². The van der Waals surface area contributed by atoms with Gasteiger partial charge in [-0.25, -0.2) is 9.80 Å². The number of carbonyl (C=O) groups is 2. The van der Waals surface area contributed by atoms with Crippen molar-refractivity contribution in [3.8, 4) is 0 Å². The minimum Gasteiger partial charge on any atom is -0.463 e. The maximum atomic E-state index is 12.3. The maximum absolute atomic E-state index is 12.3. The van der Waals surface area contributed by atoms with Gasteiger partial charge in [-0.1, -0.05) is 0 Å². The predicted molar refractivity (Wildman–Crippen MR) is 93.3 cm³/mol. The predicted octanol–water partition coefficient (Wildman–Crippen LogP) is 0.905. The van der Waals surface area contributed by atoms with E-state index in [-0.39, 0.29) is 18.5 Å². The van der Waals surface area contributed by atoms with Crippen molar-refractivity contribution in [3.63, 3.8) is 0 Å². The number of urea groups is 1. The second-order valence-electron chi connectivity index (χ2n) is 6.50. The molecule has 0 saturated carbocycles. The number of hydrogen-bond donors (Lipinski definition) is 0. The number of carbonyl (C=O) groups excluding carboxylic acids is 2. The summed E-state index contributed by atoms with van der Waals surface area (Å²) in [4.78, 5) is 30.4. The van der Waals surface area contributed by atoms with Crippen molar-refractivity contribution < 1.29 is 14.0 Å². The third-order valence-electron chi connectivity index (χ3n) is 4.61. The van der Waals surface area contributed by atoms with Crippen molar-refractivity contribution in [2.75, 3.05) is 52.9 Å². The Morgan fingerprint density at radius 2 is 1.92 bits per heavy atom. The molecule has 2 aliphatic heterocycles. The van der Waals surface area contributed by atoms with Crippen molar-refractivity contribution in [3.05, 3.63) is 24.2 Å². The highest BCUT2D eigenvalue weighted by molar-refractivity contribution is 6.02. The fourth-order valence-corrected chi connectivity index (χ4v) is 3.01. The lowest BCUT2D eigenvalue weighted by Crippen LogP contribution is -2.44. The molecule has 0 bridgehead atoms. The number of hydrazone groups is 1. The zero-order chi connectivity index (χ0) is 17.6. The van der Waals surface area contributed by atoms with E-state index in [9.17, 15) is 9.59 Å². The van der Waals surface area contributed by atoms with Crippen molar-refractivity contribution in [2.45, 2.75) is 12.8 Å². The summed E-state index contributed by atoms with van der Waals surface area (Å²) in [6.07, 6.45) is 4.78. The SMILES string of the molecule is CN1CCN(CCCCN2C(=O)CN(N=Cc3ccco3)C2=O)CC1. The van der Waals surface area contributed by atoms with E-state index < -0.39 is 0 Å². The van der Waals surface area contributed by atoms with Crippen LogP contribution in [0.1, 0.15) is 18.6 Å². The fraction of sp³-hybridized carbons (Fsp3) is 0.588. The quantitative estimate of drug-likeness (QED) is 0.416. The molecule has 2 aliphatic rings. The zero-order valence-electron chi connectivity index (χ0n) is 14.6. The van der Waals surface area contributed by atoms with Gasteiger partial charge >= 0.3 is 6.03 Å². The van der Waals surface area contributed by atoms with Gasteiger partial charge in [-0.3, -0.25) is 9.69 Å². The Hall–Kier alpha value is -2.19. The molecule has 8 heteroatoms. The Labute approximate surface area is 147 Å². The molecule has 0 N–H and O–H groups in total. The molecule has 3 amide bonds. The standard InChI is InChI=1S/C17H25N5O3/c1-19-8-10-20(11-9-19)6-2-3-7-21-16(23)14-22(17(21)24)18-13-15-5-4-12-25-15/h4-5,12-13H,2-3,6-11,14H2,1H3. The Bertz CT molecular complexity index is 608. The van der Waals surface area contributed by atoms with Crippen molar-refractivity contribution in [1.82, 2.24) is 19.7 Å². The smallest absolute Gasteiger partial charge is 0.347 e. The highest BCUT2D eigenvalue weighted by Gasteiger charge is 2.35. The number of hydrogen-bond acceptors (Lipinski definition) is 6. The minimum absolute atomic E-state index is 0.00545. The third kappa shape index (κ3) is 4.67. The lowest BCUT2D eigenvalue weighted by Gasteiger charge is -2.32. The Balaban J connectivity index is 1.40. The van der Waals surface area contributed by atoms with E-state index in [4.69, 9.17) is 4.42 Å². The van der Waals surface area contributed by atoms with Crippen LogP contribution in [0.4, 0.5) is 4.79 Å². The van der Waals surface area contributed by atoms with Crippen LogP contribution < -0.4 is 0 Å². The summed E-state index contributed by atoms with van der Waals surface area (Å²) >= 11 is 0. The van der Waals surface area contributed by atoms with Crippen LogP contribution in [0.25, 0.3) is 0 Å². The minimum atomic E-state index is -0.354. The summed E-state index contributed by atoms with van der Waals surface area (Å²) in [6, 6.07) is 3.12. The Kier molecular flexibility index (Phi) is 5.83. The molecule has 2 saturated heterocycles. The van der Waals surface area contributed by atoms with Crippen molar-refractivity contribution >= 4 is 18.2 Å². The van der Waals surface area contributed by atoms with Crippen molar-refractivity contribution in [1.29, 1.82) is 0 Å². The largest absolute Gasteiger partial charge is 0.463 e. The molecule has 0 spiro atoms. The van der Waals surface area contributed by atoms with Gasteiger partial charge in [0, 0.05) is 32.7 Å². The van der Waals surface area contributed by atoms with Crippen LogP contribution in [0, 0.1) is 0 Å². The fourth-order valence-electron chi connectivity index (χ4n) is 3.01. The molecular formula is C17H25N5O3. The maximum Gasteiger partial charge on any atom is 0.347 e. The summed E-state index contributed by atoms with van der Waals surface area (Å²) in [6.45, 7) is 5.86. The van der Waals surface area contributed by atoms with Crippen molar-refractivity contribution in [2.24, 2.45) is 5.10 Å². The number of nitrogens with zero attached hydrogens (tertiary/aromatic N) is 5. The normalized spacial score (nSPS) is 20.4. The zero-order valence-corrected chi connectivity index (χ0v) is 14.6. The summed E-state index contributed by atoms with van der Waals surface area (Å²) in [5, 5.41) is 5.23. The summed E-state index contributed by atoms with van der Waals surface area (Å²) in [7, 11) is 2.14. The average Bonchev–Trinajstić information content (AvgIpc) is 3.21. The monoisotopic (exact) mass is 347 g/mol. The van der Waals surface area contributed by atoms with Crippen LogP contribution in [0.15, 0.2) is 27.9 Å². The molecule has 8 nitrogen and oxygen atoms in total. The number of rotatable bonds is 7. The molecule has 0 atom stereocenters. The van der Waals surface area contributed by atoms with Crippen LogP contribution in [0.2, 0.25) is 0 Å². The molecule has 0 unspecified atom stereocenters. The molecule has 1 aromatic rings. The second-order valence-corrected chi connectivity index (χ2v) is 6.50. The molecule has 3 heterocycles. The first kappa shape index (κ1) is 17.6. The van der Waals surface area contributed by atoms with E-state index in [1.165, 1.54) is 22.4 Å². The third-order valence-corrected chi connectivity index (χ3v) is 4.61. The summed E-state index contributed by atoms with van der Waals surface area (Å²) < 4.78 is 5.13. The van der Waals surface area contributed by atoms with Gasteiger partial charge in [-0.15, -0.1) is 0 Å². The van der Waals surface area contributed by atoms with E-state index >= 15 is 0 Å². The van der Waals surface area contributed by atoms with Gasteiger partial charge in [0.1, 0.15) is 12.3 Å². The molecule has 3 rings (SSSR count). The first-order valence-corrected chi connectivity index (χ1v) is 8.74. The number of unbranched alkanes of at least 4 members (excludes halogenated alkanes) is 1. The van der Waals surface area contributed by atoms with E-state index in [1.807, 2.05) is 0 Å². The van der Waals surface area contributed by atoms with Crippen LogP contribution in [-0.2, 0) is 4.79 Å². The van der Waals surface area contributed by atoms with Gasteiger partial charge in [0.2, 0.25) is 0 Å². The topological polar surface area (TPSA) is 72.6 Å². The number of furan rings is 1. The van der Waals surface area contributed by atoms with Gasteiger partial charge < -0.3 is 14.2 Å². The molecule has 2 fully saturated rings. The second kappa shape index (κ2) is 8.26. The van der Waals surface area contributed by atoms with E-state index in [0.717, 1.165) is 45.6 Å². The molecule has 25 heavy (non-hydrogen) atoms. The number of likely N-dealkylation sites (N-methyl/N-ethyl adjacent to an activating group) is 1. The van der Waals surface area contributed by atoms with Crippen LogP contribution in [0.5, 0.6) is 0 Å². The number of piperazine rings is 1. The van der Waals surface area contributed by atoms with Gasteiger partial charge in [-0.2, -0.15) is 5.10 Å². The number of amides is 3. The first-order chi connectivity index (χ1) is 12.1. The Morgan fingerprint density at radius 1 is 1.16 bits per heavy atom. The lowest BCUT2D eigenvalue weighted by atomic mass is 10.2. The number of imide groups is 1. The van der Waals surface area contributed by atoms with Gasteiger partial charge in [0.05, 0.1) is 12.5 Å². The molecule has 0 aromatic carbocycles. The van der Waals surface area contributed by atoms with Gasteiger partial charge in [0.15, 0.2) is 0 Å². The van der Waals surface area contributed by atoms with Crippen LogP contribution in [-0.4, -0.2) is 90.7 Å². The Morgan fingerprint density at radius 3 is 2.64 bits per heavy atom. The lowest BCUT2D eigenvalue weighted by molar-refractivity contribution is -0.125.